The normalized spacial score (nSPS) is 12.4. The van der Waals surface area contributed by atoms with Crippen LogP contribution in [0.25, 0.3) is 0 Å². The third-order valence-electron chi connectivity index (χ3n) is 4.94. The van der Waals surface area contributed by atoms with E-state index in [9.17, 15) is 4.79 Å². The molecule has 0 aliphatic rings. The number of likely N-dealkylation sites (N-methyl/N-ethyl adjacent to an activating group) is 1. The molecule has 1 aromatic heterocycles. The van der Waals surface area contributed by atoms with E-state index in [0.717, 1.165) is 18.4 Å². The highest BCUT2D eigenvalue weighted by molar-refractivity contribution is 6.06. The summed E-state index contributed by atoms with van der Waals surface area (Å²) in [6.07, 6.45) is 9.03. The molecule has 1 aromatic carbocycles. The van der Waals surface area contributed by atoms with E-state index >= 15 is 0 Å². The fraction of sp³-hybridized carbons (Fsp3) is 0.360. The molecule has 166 valence electrons. The Morgan fingerprint density at radius 1 is 1.29 bits per heavy atom. The smallest absolute Gasteiger partial charge is 0.259 e. The van der Waals surface area contributed by atoms with Crippen LogP contribution in [0.5, 0.6) is 11.5 Å². The Kier molecular flexibility index (Phi) is 9.78. The van der Waals surface area contributed by atoms with Crippen LogP contribution in [0, 0.1) is 0 Å². The maximum Gasteiger partial charge on any atom is 0.259 e. The van der Waals surface area contributed by atoms with Crippen LogP contribution in [-0.2, 0) is 0 Å². The first kappa shape index (κ1) is 24.2. The summed E-state index contributed by atoms with van der Waals surface area (Å²) in [6.45, 7) is 8.73. The van der Waals surface area contributed by atoms with Crippen LogP contribution in [0.4, 0.5) is 5.69 Å². The van der Waals surface area contributed by atoms with Crippen LogP contribution in [0.1, 0.15) is 37.0 Å². The average Bonchev–Trinajstić information content (AvgIpc) is 2.78. The van der Waals surface area contributed by atoms with E-state index in [2.05, 4.69) is 28.7 Å². The van der Waals surface area contributed by atoms with E-state index in [-0.39, 0.29) is 5.91 Å². The van der Waals surface area contributed by atoms with Gasteiger partial charge in [0, 0.05) is 12.2 Å². The van der Waals surface area contributed by atoms with Gasteiger partial charge in [-0.25, -0.2) is 0 Å². The van der Waals surface area contributed by atoms with Crippen molar-refractivity contribution in [2.24, 2.45) is 0 Å². The van der Waals surface area contributed by atoms with E-state index < -0.39 is 0 Å². The largest absolute Gasteiger partial charge is 0.492 e. The average molecular weight is 424 g/mol. The molecule has 6 heteroatoms. The number of nitrogens with one attached hydrogen (secondary N) is 1. The SMILES string of the molecule is C=C/C(=C\C)COc1ccc(OC[C@@H](CCC)N(C)C)cc1C(=O)Nc1cccnc1. The molecule has 2 rings (SSSR count). The Morgan fingerprint density at radius 3 is 2.71 bits per heavy atom. The number of anilines is 1. The second kappa shape index (κ2) is 12.5. The van der Waals surface area contributed by atoms with Gasteiger partial charge in [-0.2, -0.15) is 0 Å². The Balaban J connectivity index is 2.24. The molecule has 0 radical (unpaired) electrons. The zero-order valence-electron chi connectivity index (χ0n) is 18.9. The van der Waals surface area contributed by atoms with Crippen molar-refractivity contribution in [2.45, 2.75) is 32.7 Å². The van der Waals surface area contributed by atoms with Gasteiger partial charge in [-0.1, -0.05) is 32.1 Å². The minimum Gasteiger partial charge on any atom is -0.492 e. The lowest BCUT2D eigenvalue weighted by atomic mass is 10.1. The summed E-state index contributed by atoms with van der Waals surface area (Å²) >= 11 is 0. The molecule has 0 spiro atoms. The maximum atomic E-state index is 13.0. The number of carbonyl (C=O) groups excluding carboxylic acids is 1. The van der Waals surface area contributed by atoms with Gasteiger partial charge in [0.1, 0.15) is 24.7 Å². The topological polar surface area (TPSA) is 63.7 Å². The maximum absolute atomic E-state index is 13.0. The van der Waals surface area contributed by atoms with Crippen molar-refractivity contribution in [3.63, 3.8) is 0 Å². The van der Waals surface area contributed by atoms with Crippen molar-refractivity contribution < 1.29 is 14.3 Å². The van der Waals surface area contributed by atoms with E-state index in [1.54, 1.807) is 42.7 Å². The lowest BCUT2D eigenvalue weighted by molar-refractivity contribution is 0.102. The first-order chi connectivity index (χ1) is 15.0. The van der Waals surface area contributed by atoms with Gasteiger partial charge in [0.15, 0.2) is 0 Å². The molecule has 6 nitrogen and oxygen atoms in total. The van der Waals surface area contributed by atoms with Crippen molar-refractivity contribution in [1.29, 1.82) is 0 Å². The molecule has 0 aliphatic carbocycles. The third-order valence-corrected chi connectivity index (χ3v) is 4.94. The van der Waals surface area contributed by atoms with Crippen LogP contribution in [-0.4, -0.2) is 49.1 Å². The van der Waals surface area contributed by atoms with Crippen LogP contribution in [0.15, 0.2) is 67.0 Å². The van der Waals surface area contributed by atoms with Crippen LogP contribution >= 0.6 is 0 Å². The van der Waals surface area contributed by atoms with Crippen molar-refractivity contribution >= 4 is 11.6 Å². The Bertz CT molecular complexity index is 879. The van der Waals surface area contributed by atoms with Gasteiger partial charge < -0.3 is 19.7 Å². The summed E-state index contributed by atoms with van der Waals surface area (Å²) in [5, 5.41) is 2.86. The standard InChI is InChI=1S/C25H33N3O3/c1-6-10-21(28(4)5)18-30-22-12-13-24(31-17-19(7-2)8-3)23(15-22)25(29)27-20-11-9-14-26-16-20/h7-9,11-16,21H,2,6,10,17-18H2,1,3-5H3,(H,27,29)/b19-8+/t21-/m1/s1. The van der Waals surface area contributed by atoms with E-state index in [4.69, 9.17) is 9.47 Å². The van der Waals surface area contributed by atoms with Crippen molar-refractivity contribution in [1.82, 2.24) is 9.88 Å². The van der Waals surface area contributed by atoms with Gasteiger partial charge in [-0.05, 0) is 63.3 Å². The molecule has 1 atom stereocenters. The zero-order chi connectivity index (χ0) is 22.6. The summed E-state index contributed by atoms with van der Waals surface area (Å²) in [6, 6.07) is 9.19. The van der Waals surface area contributed by atoms with Crippen LogP contribution in [0.3, 0.4) is 0 Å². The number of ether oxygens (including phenoxy) is 2. The van der Waals surface area contributed by atoms with Gasteiger partial charge in [0.25, 0.3) is 5.91 Å². The highest BCUT2D eigenvalue weighted by Gasteiger charge is 2.17. The lowest BCUT2D eigenvalue weighted by Crippen LogP contribution is -2.33. The monoisotopic (exact) mass is 423 g/mol. The van der Waals surface area contributed by atoms with Crippen LogP contribution in [0.2, 0.25) is 0 Å². The quantitative estimate of drug-likeness (QED) is 0.489. The number of allylic oxidation sites excluding steroid dienone is 1. The summed E-state index contributed by atoms with van der Waals surface area (Å²) in [5.41, 5.74) is 1.95. The zero-order valence-corrected chi connectivity index (χ0v) is 18.9. The minimum atomic E-state index is -0.285. The number of amides is 1. The predicted octanol–water partition coefficient (Wildman–Crippen LogP) is 4.95. The Labute approximate surface area is 185 Å². The summed E-state index contributed by atoms with van der Waals surface area (Å²) < 4.78 is 11.9. The van der Waals surface area contributed by atoms with Gasteiger partial charge in [-0.3, -0.25) is 9.78 Å². The van der Waals surface area contributed by atoms with Gasteiger partial charge in [0.2, 0.25) is 0 Å². The number of hydrogen-bond donors (Lipinski definition) is 1. The fourth-order valence-electron chi connectivity index (χ4n) is 2.97. The summed E-state index contributed by atoms with van der Waals surface area (Å²) in [7, 11) is 4.09. The number of hydrogen-bond acceptors (Lipinski definition) is 5. The first-order valence-corrected chi connectivity index (χ1v) is 10.5. The third kappa shape index (κ3) is 7.57. The highest BCUT2D eigenvalue weighted by Crippen LogP contribution is 2.26. The van der Waals surface area contributed by atoms with Gasteiger partial charge in [-0.15, -0.1) is 0 Å². The summed E-state index contributed by atoms with van der Waals surface area (Å²) in [5.74, 6) is 0.820. The molecule has 0 fully saturated rings. The molecule has 1 amide bonds. The molecule has 31 heavy (non-hydrogen) atoms. The Morgan fingerprint density at radius 2 is 2.10 bits per heavy atom. The molecule has 1 heterocycles. The molecule has 2 aromatic rings. The van der Waals surface area contributed by atoms with Crippen molar-refractivity contribution in [2.75, 3.05) is 32.6 Å². The number of aromatic nitrogens is 1. The van der Waals surface area contributed by atoms with Crippen molar-refractivity contribution in [3.05, 3.63) is 72.6 Å². The fourth-order valence-corrected chi connectivity index (χ4v) is 2.97. The van der Waals surface area contributed by atoms with Gasteiger partial charge in [0.05, 0.1) is 17.4 Å². The molecule has 0 saturated carbocycles. The lowest BCUT2D eigenvalue weighted by Gasteiger charge is -2.24. The predicted molar refractivity (Wildman–Crippen MR) is 126 cm³/mol. The highest BCUT2D eigenvalue weighted by atomic mass is 16.5. The molecule has 0 aliphatic heterocycles. The second-order valence-electron chi connectivity index (χ2n) is 7.43. The number of pyridine rings is 1. The van der Waals surface area contributed by atoms with Crippen LogP contribution < -0.4 is 14.8 Å². The van der Waals surface area contributed by atoms with Gasteiger partial charge >= 0.3 is 0 Å². The number of carbonyl (C=O) groups is 1. The molecule has 0 bridgehead atoms. The first-order valence-electron chi connectivity index (χ1n) is 10.5. The van der Waals surface area contributed by atoms with Crippen molar-refractivity contribution in [3.8, 4) is 11.5 Å². The second-order valence-corrected chi connectivity index (χ2v) is 7.43. The molecular weight excluding hydrogens is 390 g/mol. The molecular formula is C25H33N3O3. The number of rotatable bonds is 12. The van der Waals surface area contributed by atoms with E-state index in [0.29, 0.717) is 42.0 Å². The summed E-state index contributed by atoms with van der Waals surface area (Å²) in [4.78, 5) is 19.2. The van der Waals surface area contributed by atoms with E-state index in [1.165, 1.54) is 0 Å². The number of nitrogens with zero attached hydrogens (tertiary/aromatic N) is 2. The molecule has 0 saturated heterocycles. The van der Waals surface area contributed by atoms with E-state index in [1.807, 2.05) is 33.2 Å². The number of benzene rings is 1. The Hall–Kier alpha value is -3.12. The molecule has 1 N–H and O–H groups in total. The minimum absolute atomic E-state index is 0.285. The molecule has 0 unspecified atom stereocenters.